The summed E-state index contributed by atoms with van der Waals surface area (Å²) in [5.74, 6) is 1.16. The van der Waals surface area contributed by atoms with Crippen LogP contribution in [-0.2, 0) is 17.9 Å². The van der Waals surface area contributed by atoms with E-state index in [1.54, 1.807) is 6.20 Å². The second-order valence-electron chi connectivity index (χ2n) is 5.80. The quantitative estimate of drug-likeness (QED) is 0.824. The number of aromatic nitrogens is 2. The number of aliphatic hydroxyl groups is 1. The first-order chi connectivity index (χ1) is 10.6. The van der Waals surface area contributed by atoms with Crippen LogP contribution < -0.4 is 5.32 Å². The highest BCUT2D eigenvalue weighted by Gasteiger charge is 2.13. The predicted molar refractivity (Wildman–Crippen MR) is 84.9 cm³/mol. The van der Waals surface area contributed by atoms with E-state index in [2.05, 4.69) is 24.1 Å². The van der Waals surface area contributed by atoms with E-state index in [4.69, 9.17) is 0 Å². The zero-order valence-electron chi connectivity index (χ0n) is 13.1. The fraction of sp³-hybridized carbons (Fsp3) is 0.412. The average molecular weight is 301 g/mol. The van der Waals surface area contributed by atoms with Crippen LogP contribution in [0.5, 0.6) is 0 Å². The third-order valence-corrected chi connectivity index (χ3v) is 3.37. The maximum Gasteiger partial charge on any atom is 0.223 e. The fourth-order valence-electron chi connectivity index (χ4n) is 2.29. The number of nitrogens with zero attached hydrogens (tertiary/aromatic N) is 2. The Morgan fingerprint density at radius 1 is 1.32 bits per heavy atom. The summed E-state index contributed by atoms with van der Waals surface area (Å²) in [5, 5.41) is 12.9. The highest BCUT2D eigenvalue weighted by Crippen LogP contribution is 2.15. The Kier molecular flexibility index (Phi) is 5.72. The van der Waals surface area contributed by atoms with Gasteiger partial charge in [-0.1, -0.05) is 44.2 Å². The molecule has 2 rings (SSSR count). The minimum atomic E-state index is -0.781. The van der Waals surface area contributed by atoms with Gasteiger partial charge in [0.1, 0.15) is 5.82 Å². The number of hydrogen-bond donors (Lipinski definition) is 2. The summed E-state index contributed by atoms with van der Waals surface area (Å²) >= 11 is 0. The molecular weight excluding hydrogens is 278 g/mol. The minimum Gasteiger partial charge on any atom is -0.388 e. The molecule has 1 heterocycles. The average Bonchev–Trinajstić information content (AvgIpc) is 2.92. The number of carbonyl (C=O) groups is 1. The molecule has 2 aromatic rings. The van der Waals surface area contributed by atoms with Crippen LogP contribution in [0.4, 0.5) is 0 Å². The lowest BCUT2D eigenvalue weighted by molar-refractivity contribution is -0.123. The molecule has 0 radical (unpaired) electrons. The van der Waals surface area contributed by atoms with E-state index in [0.29, 0.717) is 12.5 Å². The van der Waals surface area contributed by atoms with Gasteiger partial charge in [-0.15, -0.1) is 0 Å². The third-order valence-electron chi connectivity index (χ3n) is 3.37. The fourth-order valence-corrected chi connectivity index (χ4v) is 2.29. The van der Waals surface area contributed by atoms with Crippen LogP contribution in [0.2, 0.25) is 0 Å². The summed E-state index contributed by atoms with van der Waals surface area (Å²) in [6.07, 6.45) is 2.93. The molecule has 1 aromatic carbocycles. The zero-order valence-corrected chi connectivity index (χ0v) is 13.1. The molecule has 1 aromatic heterocycles. The number of hydrogen-bond acceptors (Lipinski definition) is 3. The van der Waals surface area contributed by atoms with Crippen molar-refractivity contribution >= 4 is 5.91 Å². The first kappa shape index (κ1) is 16.2. The summed E-state index contributed by atoms with van der Waals surface area (Å²) in [4.78, 5) is 16.2. The van der Waals surface area contributed by atoms with Crippen molar-refractivity contribution < 1.29 is 9.90 Å². The van der Waals surface area contributed by atoms with Gasteiger partial charge in [0.25, 0.3) is 0 Å². The first-order valence-electron chi connectivity index (χ1n) is 7.56. The van der Waals surface area contributed by atoms with E-state index < -0.39 is 6.10 Å². The Morgan fingerprint density at radius 2 is 2.05 bits per heavy atom. The number of carbonyl (C=O) groups excluding carboxylic acids is 1. The zero-order chi connectivity index (χ0) is 15.9. The molecule has 0 saturated heterocycles. The molecule has 1 atom stereocenters. The molecule has 22 heavy (non-hydrogen) atoms. The van der Waals surface area contributed by atoms with Gasteiger partial charge < -0.3 is 15.0 Å². The van der Waals surface area contributed by atoms with E-state index in [0.717, 1.165) is 17.9 Å². The van der Waals surface area contributed by atoms with Crippen LogP contribution in [0.3, 0.4) is 0 Å². The monoisotopic (exact) mass is 301 g/mol. The summed E-state index contributed by atoms with van der Waals surface area (Å²) in [6, 6.07) is 9.20. The third kappa shape index (κ3) is 4.70. The second-order valence-corrected chi connectivity index (χ2v) is 5.80. The molecular formula is C17H23N3O2. The lowest BCUT2D eigenvalue weighted by atomic mass is 10.1. The molecule has 118 valence electrons. The molecule has 0 aliphatic rings. The number of amides is 1. The number of rotatable bonds is 7. The van der Waals surface area contributed by atoms with Gasteiger partial charge in [0.05, 0.1) is 19.1 Å². The normalized spacial score (nSPS) is 12.4. The predicted octanol–water partition coefficient (Wildman–Crippen LogP) is 2.28. The van der Waals surface area contributed by atoms with Gasteiger partial charge >= 0.3 is 0 Å². The number of aliphatic hydroxyl groups excluding tert-OH is 1. The van der Waals surface area contributed by atoms with E-state index in [1.807, 2.05) is 41.1 Å². The molecule has 2 N–H and O–H groups in total. The molecule has 1 amide bonds. The van der Waals surface area contributed by atoms with Gasteiger partial charge in [-0.25, -0.2) is 4.98 Å². The van der Waals surface area contributed by atoms with E-state index in [1.165, 1.54) is 0 Å². The van der Waals surface area contributed by atoms with E-state index >= 15 is 0 Å². The van der Waals surface area contributed by atoms with Gasteiger partial charge in [-0.2, -0.15) is 0 Å². The number of imidazole rings is 1. The molecule has 0 saturated carbocycles. The standard InChI is InChI=1S/C17H23N3O2/c1-13(2)12-20-9-8-18-16(20)11-19-17(22)10-15(21)14-6-4-3-5-7-14/h3-9,13,15,21H,10-12H2,1-2H3,(H,19,22). The van der Waals surface area contributed by atoms with Gasteiger partial charge in [-0.05, 0) is 11.5 Å². The van der Waals surface area contributed by atoms with Crippen molar-refractivity contribution in [3.63, 3.8) is 0 Å². The van der Waals surface area contributed by atoms with Crippen LogP contribution in [0, 0.1) is 5.92 Å². The number of benzene rings is 1. The van der Waals surface area contributed by atoms with Crippen molar-refractivity contribution in [2.24, 2.45) is 5.92 Å². The van der Waals surface area contributed by atoms with E-state index in [-0.39, 0.29) is 12.3 Å². The van der Waals surface area contributed by atoms with Crippen molar-refractivity contribution in [1.29, 1.82) is 0 Å². The summed E-state index contributed by atoms with van der Waals surface area (Å²) < 4.78 is 2.04. The Bertz CT molecular complexity index is 593. The summed E-state index contributed by atoms with van der Waals surface area (Å²) in [5.41, 5.74) is 0.749. The molecule has 5 heteroatoms. The highest BCUT2D eigenvalue weighted by molar-refractivity contribution is 5.76. The Balaban J connectivity index is 1.84. The maximum atomic E-state index is 11.9. The lowest BCUT2D eigenvalue weighted by Crippen LogP contribution is -2.26. The summed E-state index contributed by atoms with van der Waals surface area (Å²) in [6.45, 7) is 5.52. The molecule has 0 spiro atoms. The van der Waals surface area contributed by atoms with Crippen molar-refractivity contribution in [3.8, 4) is 0 Å². The largest absolute Gasteiger partial charge is 0.388 e. The van der Waals surface area contributed by atoms with Crippen LogP contribution in [0.15, 0.2) is 42.7 Å². The van der Waals surface area contributed by atoms with Crippen LogP contribution >= 0.6 is 0 Å². The second kappa shape index (κ2) is 7.75. The maximum absolute atomic E-state index is 11.9. The van der Waals surface area contributed by atoms with Crippen LogP contribution in [-0.4, -0.2) is 20.6 Å². The van der Waals surface area contributed by atoms with Crippen molar-refractivity contribution in [2.45, 2.75) is 39.5 Å². The van der Waals surface area contributed by atoms with Crippen molar-refractivity contribution in [3.05, 3.63) is 54.1 Å². The smallest absolute Gasteiger partial charge is 0.223 e. The molecule has 0 fully saturated rings. The topological polar surface area (TPSA) is 67.2 Å². The molecule has 1 unspecified atom stereocenters. The number of nitrogens with one attached hydrogen (secondary N) is 1. The van der Waals surface area contributed by atoms with Gasteiger partial charge in [0, 0.05) is 18.9 Å². The van der Waals surface area contributed by atoms with Gasteiger partial charge in [-0.3, -0.25) is 4.79 Å². The van der Waals surface area contributed by atoms with Crippen LogP contribution in [0.1, 0.15) is 37.8 Å². The van der Waals surface area contributed by atoms with Crippen molar-refractivity contribution in [2.75, 3.05) is 0 Å². The molecule has 5 nitrogen and oxygen atoms in total. The first-order valence-corrected chi connectivity index (χ1v) is 7.56. The Labute approximate surface area is 131 Å². The molecule has 0 aliphatic carbocycles. The van der Waals surface area contributed by atoms with Crippen LogP contribution in [0.25, 0.3) is 0 Å². The van der Waals surface area contributed by atoms with E-state index in [9.17, 15) is 9.90 Å². The Morgan fingerprint density at radius 3 is 2.73 bits per heavy atom. The van der Waals surface area contributed by atoms with Gasteiger partial charge in [0.15, 0.2) is 0 Å². The summed E-state index contributed by atoms with van der Waals surface area (Å²) in [7, 11) is 0. The van der Waals surface area contributed by atoms with Gasteiger partial charge in [0.2, 0.25) is 5.91 Å². The lowest BCUT2D eigenvalue weighted by Gasteiger charge is -2.13. The van der Waals surface area contributed by atoms with Crippen molar-refractivity contribution in [1.82, 2.24) is 14.9 Å². The SMILES string of the molecule is CC(C)Cn1ccnc1CNC(=O)CC(O)c1ccccc1. The molecule has 0 bridgehead atoms. The highest BCUT2D eigenvalue weighted by atomic mass is 16.3. The Hall–Kier alpha value is -2.14. The minimum absolute atomic E-state index is 0.0505. The molecule has 0 aliphatic heterocycles.